The Morgan fingerprint density at radius 3 is 1.08 bits per heavy atom. The predicted molar refractivity (Wildman–Crippen MR) is 374 cm³/mol. The minimum atomic E-state index is -1.97. The van der Waals surface area contributed by atoms with Crippen molar-refractivity contribution >= 4 is 5.91 Å². The van der Waals surface area contributed by atoms with Gasteiger partial charge in [-0.15, -0.1) is 0 Å². The summed E-state index contributed by atoms with van der Waals surface area (Å²) in [6.45, 7) is 1.82. The van der Waals surface area contributed by atoms with E-state index in [1.54, 1.807) is 0 Å². The van der Waals surface area contributed by atoms with Crippen LogP contribution in [0.2, 0.25) is 0 Å². The van der Waals surface area contributed by atoms with Crippen molar-refractivity contribution in [2.24, 2.45) is 0 Å². The van der Waals surface area contributed by atoms with Crippen LogP contribution < -0.4 is 5.32 Å². The molecule has 558 valence electrons. The number of hydrogen-bond acceptors (Lipinski definition) is 18. The number of ether oxygens (including phenoxy) is 6. The molecular formula is C76H141NO18. The molecule has 1 amide bonds. The molecule has 0 aromatic heterocycles. The molecule has 3 aliphatic heterocycles. The Hall–Kier alpha value is -1.99. The van der Waals surface area contributed by atoms with E-state index in [0.29, 0.717) is 12.8 Å². The van der Waals surface area contributed by atoms with Crippen molar-refractivity contribution in [1.29, 1.82) is 0 Å². The van der Waals surface area contributed by atoms with Crippen molar-refractivity contribution in [3.63, 3.8) is 0 Å². The summed E-state index contributed by atoms with van der Waals surface area (Å²) < 4.78 is 34.5. The van der Waals surface area contributed by atoms with Gasteiger partial charge in [0.2, 0.25) is 5.91 Å². The summed E-state index contributed by atoms with van der Waals surface area (Å²) in [4.78, 5) is 13.5. The van der Waals surface area contributed by atoms with E-state index in [1.807, 2.05) is 0 Å². The van der Waals surface area contributed by atoms with E-state index >= 15 is 0 Å². The normalized spacial score (nSPS) is 27.4. The van der Waals surface area contributed by atoms with Gasteiger partial charge in [0.05, 0.1) is 38.6 Å². The maximum atomic E-state index is 13.5. The minimum absolute atomic E-state index is 0.238. The number of allylic oxidation sites excluding steroid dienone is 6. The van der Waals surface area contributed by atoms with Gasteiger partial charge >= 0.3 is 0 Å². The van der Waals surface area contributed by atoms with Crippen molar-refractivity contribution in [2.45, 2.75) is 413 Å². The molecule has 3 saturated heterocycles. The molecule has 95 heavy (non-hydrogen) atoms. The highest BCUT2D eigenvalue weighted by molar-refractivity contribution is 5.76. The number of rotatable bonds is 61. The molecule has 0 radical (unpaired) electrons. The van der Waals surface area contributed by atoms with Gasteiger partial charge in [-0.2, -0.15) is 0 Å². The summed E-state index contributed by atoms with van der Waals surface area (Å²) in [6, 6.07) is -0.885. The first-order chi connectivity index (χ1) is 46.3. The number of amides is 1. The lowest BCUT2D eigenvalue weighted by atomic mass is 9.96. The Kier molecular flexibility index (Phi) is 52.9. The molecule has 0 saturated carbocycles. The third kappa shape index (κ3) is 38.6. The van der Waals surface area contributed by atoms with Crippen molar-refractivity contribution < 1.29 is 89.4 Å². The number of unbranched alkanes of at least 4 members (excludes halogenated alkanes) is 39. The smallest absolute Gasteiger partial charge is 0.220 e. The average molecular weight is 1360 g/mol. The molecule has 0 spiro atoms. The molecule has 0 bridgehead atoms. The number of carbonyl (C=O) groups excluding carboxylic acids is 1. The van der Waals surface area contributed by atoms with Gasteiger partial charge in [-0.05, 0) is 51.4 Å². The zero-order valence-corrected chi connectivity index (χ0v) is 59.4. The summed E-state index contributed by atoms with van der Waals surface area (Å²) in [5, 5.41) is 121. The van der Waals surface area contributed by atoms with E-state index in [4.69, 9.17) is 28.4 Å². The molecule has 17 unspecified atom stereocenters. The summed E-state index contributed by atoms with van der Waals surface area (Å²) in [7, 11) is 0. The van der Waals surface area contributed by atoms with Gasteiger partial charge in [-0.1, -0.05) is 288 Å². The van der Waals surface area contributed by atoms with Crippen LogP contribution in [-0.2, 0) is 33.2 Å². The first kappa shape index (κ1) is 87.2. The van der Waals surface area contributed by atoms with Crippen LogP contribution in [0.1, 0.15) is 309 Å². The van der Waals surface area contributed by atoms with Crippen LogP contribution in [0.15, 0.2) is 36.5 Å². The van der Waals surface area contributed by atoms with E-state index in [0.717, 1.165) is 57.8 Å². The lowest BCUT2D eigenvalue weighted by Crippen LogP contribution is -2.66. The summed E-state index contributed by atoms with van der Waals surface area (Å²) >= 11 is 0. The number of aliphatic hydroxyl groups excluding tert-OH is 11. The van der Waals surface area contributed by atoms with Gasteiger partial charge < -0.3 is 89.9 Å². The molecule has 0 aliphatic carbocycles. The van der Waals surface area contributed by atoms with Crippen molar-refractivity contribution in [1.82, 2.24) is 5.32 Å². The molecule has 0 aromatic rings. The van der Waals surface area contributed by atoms with Crippen LogP contribution in [0.3, 0.4) is 0 Å². The van der Waals surface area contributed by atoms with Crippen molar-refractivity contribution in [3.8, 4) is 0 Å². The van der Waals surface area contributed by atoms with Crippen LogP contribution in [-0.4, -0.2) is 193 Å². The monoisotopic (exact) mass is 1360 g/mol. The van der Waals surface area contributed by atoms with E-state index < -0.39 is 124 Å². The average Bonchev–Trinajstić information content (AvgIpc) is 0.799. The summed E-state index contributed by atoms with van der Waals surface area (Å²) in [6.07, 6.45) is 42.4. The fourth-order valence-corrected chi connectivity index (χ4v) is 13.2. The van der Waals surface area contributed by atoms with Gasteiger partial charge in [-0.25, -0.2) is 0 Å². The summed E-state index contributed by atoms with van der Waals surface area (Å²) in [5.41, 5.74) is 0. The van der Waals surface area contributed by atoms with Crippen LogP contribution >= 0.6 is 0 Å². The Morgan fingerprint density at radius 1 is 0.379 bits per heavy atom. The number of carbonyl (C=O) groups is 1. The molecule has 12 N–H and O–H groups in total. The molecule has 19 nitrogen and oxygen atoms in total. The van der Waals surface area contributed by atoms with Gasteiger partial charge in [-0.3, -0.25) is 4.79 Å². The second kappa shape index (κ2) is 57.6. The largest absolute Gasteiger partial charge is 0.394 e. The fraction of sp³-hybridized carbons (Fsp3) is 0.908. The molecule has 3 fully saturated rings. The first-order valence-electron chi connectivity index (χ1n) is 38.7. The first-order valence-corrected chi connectivity index (χ1v) is 38.7. The van der Waals surface area contributed by atoms with Crippen LogP contribution in [0, 0.1) is 0 Å². The van der Waals surface area contributed by atoms with Crippen LogP contribution in [0.5, 0.6) is 0 Å². The maximum absolute atomic E-state index is 13.5. The highest BCUT2D eigenvalue weighted by Gasteiger charge is 2.54. The van der Waals surface area contributed by atoms with Gasteiger partial charge in [0.15, 0.2) is 18.9 Å². The second-order valence-electron chi connectivity index (χ2n) is 27.8. The van der Waals surface area contributed by atoms with Crippen molar-refractivity contribution in [3.05, 3.63) is 36.5 Å². The van der Waals surface area contributed by atoms with Gasteiger partial charge in [0.25, 0.3) is 0 Å². The van der Waals surface area contributed by atoms with Crippen LogP contribution in [0.25, 0.3) is 0 Å². The highest BCUT2D eigenvalue weighted by atomic mass is 16.8. The number of nitrogens with one attached hydrogen (secondary N) is 1. The van der Waals surface area contributed by atoms with E-state index in [9.17, 15) is 61.0 Å². The third-order valence-corrected chi connectivity index (χ3v) is 19.5. The lowest BCUT2D eigenvalue weighted by molar-refractivity contribution is -0.379. The molecule has 3 aliphatic rings. The fourth-order valence-electron chi connectivity index (χ4n) is 13.2. The molecule has 0 aromatic carbocycles. The Bertz CT molecular complexity index is 1860. The van der Waals surface area contributed by atoms with Gasteiger partial charge in [0.1, 0.15) is 73.2 Å². The molecule has 3 heterocycles. The van der Waals surface area contributed by atoms with Crippen molar-refractivity contribution in [2.75, 3.05) is 26.4 Å². The Balaban J connectivity index is 1.32. The maximum Gasteiger partial charge on any atom is 0.220 e. The predicted octanol–water partition coefficient (Wildman–Crippen LogP) is 11.9. The SMILES string of the molecule is CCCCCCC/C=C\C/C=C\C/C=C\CCCCCCCCCCCCCCCCCCCCCCC(=O)NC(COC1OC(CO)C(OC2OC(CO)C(OC3OC(CO)C(O)C(O)C3O)C(O)C2O)C(O)C1O)C(O)CCCCCCCCCCCCCCCCC. The quantitative estimate of drug-likeness (QED) is 0.0199. The van der Waals surface area contributed by atoms with E-state index in [2.05, 4.69) is 55.6 Å². The van der Waals surface area contributed by atoms with E-state index in [1.165, 1.54) is 218 Å². The zero-order valence-electron chi connectivity index (χ0n) is 59.4. The molecule has 17 atom stereocenters. The molecule has 3 rings (SSSR count). The Morgan fingerprint density at radius 2 is 0.695 bits per heavy atom. The van der Waals surface area contributed by atoms with Crippen LogP contribution in [0.4, 0.5) is 0 Å². The third-order valence-electron chi connectivity index (χ3n) is 19.5. The second-order valence-corrected chi connectivity index (χ2v) is 27.8. The molecule has 19 heteroatoms. The zero-order chi connectivity index (χ0) is 68.9. The van der Waals surface area contributed by atoms with E-state index in [-0.39, 0.29) is 18.9 Å². The Labute approximate surface area is 574 Å². The number of hydrogen-bond donors (Lipinski definition) is 12. The minimum Gasteiger partial charge on any atom is -0.394 e. The lowest BCUT2D eigenvalue weighted by Gasteiger charge is -2.48. The number of aliphatic hydroxyl groups is 11. The summed E-state index contributed by atoms with van der Waals surface area (Å²) in [5.74, 6) is -0.238. The van der Waals surface area contributed by atoms with Gasteiger partial charge in [0, 0.05) is 6.42 Å². The highest BCUT2D eigenvalue weighted by Crippen LogP contribution is 2.33. The standard InChI is InChI=1S/C76H141NO18/c1-3-5-7-9-11-13-15-17-19-20-21-22-23-24-25-26-27-28-29-30-31-32-33-34-35-36-37-38-40-42-44-46-48-50-52-54-64(82)77-59(60(81)53-51-49-47-45-43-41-39-18-16-14-12-10-8-6-4-2)58-90-74-70(88)67(85)72(62(56-79)92-74)95-76-71(89)68(86)73(63(57-80)93-76)94-75-69(87)66(84)65(83)61(55-78)91-75/h15,17,20-21,23-24,59-63,65-76,78-81,83-89H,3-14,16,18-19,22,25-58H2,1-2H3,(H,77,82)/b17-15-,21-20-,24-23-. The molecular weight excluding hydrogens is 1210 g/mol. The topological polar surface area (TPSA) is 307 Å².